The van der Waals surface area contributed by atoms with Gasteiger partial charge in [0.05, 0.1) is 10.6 Å². The van der Waals surface area contributed by atoms with Gasteiger partial charge in [-0.05, 0) is 38.0 Å². The lowest BCUT2D eigenvalue weighted by molar-refractivity contribution is 0.0707. The van der Waals surface area contributed by atoms with Gasteiger partial charge in [-0.1, -0.05) is 11.6 Å². The monoisotopic (exact) mass is 339 g/mol. The Hall–Kier alpha value is -1.53. The van der Waals surface area contributed by atoms with E-state index in [0.717, 1.165) is 22.9 Å². The maximum Gasteiger partial charge on any atom is 0.255 e. The van der Waals surface area contributed by atoms with E-state index in [0.29, 0.717) is 18.7 Å². The molecule has 1 aromatic carbocycles. The predicted molar refractivity (Wildman–Crippen MR) is 83.9 cm³/mol. The molecule has 0 aliphatic carbocycles. The molecule has 0 N–H and O–H groups in total. The van der Waals surface area contributed by atoms with Crippen LogP contribution in [0.15, 0.2) is 18.2 Å². The highest BCUT2D eigenvalue weighted by Gasteiger charge is 2.28. The second-order valence-corrected chi connectivity index (χ2v) is 6.99. The van der Waals surface area contributed by atoms with E-state index in [9.17, 15) is 9.18 Å². The molecule has 2 aromatic rings. The number of aromatic nitrogens is 2. The van der Waals surface area contributed by atoms with Crippen molar-refractivity contribution in [3.05, 3.63) is 44.6 Å². The third-order valence-electron chi connectivity index (χ3n) is 3.76. The van der Waals surface area contributed by atoms with Crippen LogP contribution in [0, 0.1) is 12.7 Å². The van der Waals surface area contributed by atoms with Crippen molar-refractivity contribution in [1.82, 2.24) is 15.1 Å². The fourth-order valence-corrected chi connectivity index (χ4v) is 3.75. The first kappa shape index (κ1) is 15.4. The van der Waals surface area contributed by atoms with E-state index in [2.05, 4.69) is 10.2 Å². The van der Waals surface area contributed by atoms with Crippen molar-refractivity contribution in [2.75, 3.05) is 13.1 Å². The van der Waals surface area contributed by atoms with Crippen molar-refractivity contribution in [1.29, 1.82) is 0 Å². The van der Waals surface area contributed by atoms with Gasteiger partial charge < -0.3 is 4.90 Å². The second kappa shape index (κ2) is 6.30. The number of rotatable bonds is 2. The zero-order valence-electron chi connectivity index (χ0n) is 12.1. The van der Waals surface area contributed by atoms with Crippen molar-refractivity contribution in [3.63, 3.8) is 0 Å². The Morgan fingerprint density at radius 1 is 1.45 bits per heavy atom. The van der Waals surface area contributed by atoms with E-state index in [1.54, 1.807) is 16.2 Å². The fourth-order valence-electron chi connectivity index (χ4n) is 2.67. The van der Waals surface area contributed by atoms with Crippen LogP contribution in [0.5, 0.6) is 0 Å². The molecule has 1 atom stereocenters. The van der Waals surface area contributed by atoms with Crippen LogP contribution in [0.1, 0.15) is 39.1 Å². The number of nitrogens with zero attached hydrogens (tertiary/aromatic N) is 3. The van der Waals surface area contributed by atoms with Crippen molar-refractivity contribution >= 4 is 28.8 Å². The normalized spacial score (nSPS) is 18.5. The first-order valence-electron chi connectivity index (χ1n) is 7.09. The first-order chi connectivity index (χ1) is 10.5. The molecule has 22 heavy (non-hydrogen) atoms. The molecule has 1 aliphatic rings. The minimum Gasteiger partial charge on any atom is -0.338 e. The molecular weight excluding hydrogens is 325 g/mol. The Morgan fingerprint density at radius 2 is 2.27 bits per heavy atom. The number of hydrogen-bond acceptors (Lipinski definition) is 4. The Balaban J connectivity index is 1.78. The van der Waals surface area contributed by atoms with Gasteiger partial charge in [0.25, 0.3) is 5.91 Å². The number of piperidine rings is 1. The smallest absolute Gasteiger partial charge is 0.255 e. The maximum atomic E-state index is 13.1. The summed E-state index contributed by atoms with van der Waals surface area (Å²) in [6, 6.07) is 3.87. The summed E-state index contributed by atoms with van der Waals surface area (Å²) in [6.45, 7) is 3.20. The number of aryl methyl sites for hydroxylation is 1. The number of hydrogen-bond donors (Lipinski definition) is 0. The van der Waals surface area contributed by atoms with Gasteiger partial charge in [0.1, 0.15) is 15.8 Å². The van der Waals surface area contributed by atoms with Gasteiger partial charge in [-0.15, -0.1) is 21.5 Å². The SMILES string of the molecule is Cc1nnc(C2CCCN(C(=O)c3ccc(F)cc3Cl)C2)s1. The molecule has 0 saturated carbocycles. The van der Waals surface area contributed by atoms with Gasteiger partial charge in [0, 0.05) is 19.0 Å². The average Bonchev–Trinajstić information content (AvgIpc) is 2.93. The minimum absolute atomic E-state index is 0.152. The molecule has 1 fully saturated rings. The average molecular weight is 340 g/mol. The van der Waals surface area contributed by atoms with Gasteiger partial charge in [0.15, 0.2) is 0 Å². The van der Waals surface area contributed by atoms with Crippen molar-refractivity contribution in [2.24, 2.45) is 0 Å². The largest absolute Gasteiger partial charge is 0.338 e. The molecule has 0 radical (unpaired) electrons. The predicted octanol–water partition coefficient (Wildman–Crippen LogP) is 3.66. The van der Waals surface area contributed by atoms with Crippen LogP contribution in [0.4, 0.5) is 4.39 Å². The van der Waals surface area contributed by atoms with E-state index in [1.807, 2.05) is 6.92 Å². The standard InChI is InChI=1S/C15H15ClFN3OS/c1-9-18-19-14(22-9)10-3-2-6-20(8-10)15(21)12-5-4-11(17)7-13(12)16/h4-5,7,10H,2-3,6,8H2,1H3. The third-order valence-corrected chi connectivity index (χ3v) is 5.07. The van der Waals surface area contributed by atoms with Gasteiger partial charge in [-0.2, -0.15) is 0 Å². The zero-order valence-corrected chi connectivity index (χ0v) is 13.6. The quantitative estimate of drug-likeness (QED) is 0.838. The van der Waals surface area contributed by atoms with Crippen LogP contribution in [-0.2, 0) is 0 Å². The first-order valence-corrected chi connectivity index (χ1v) is 8.28. The lowest BCUT2D eigenvalue weighted by atomic mass is 9.98. The Labute approximate surface area is 136 Å². The molecule has 2 heterocycles. The van der Waals surface area contributed by atoms with Crippen LogP contribution in [0.2, 0.25) is 5.02 Å². The highest BCUT2D eigenvalue weighted by Crippen LogP contribution is 2.30. The number of amides is 1. The maximum absolute atomic E-state index is 13.1. The molecule has 0 bridgehead atoms. The zero-order chi connectivity index (χ0) is 15.7. The summed E-state index contributed by atoms with van der Waals surface area (Å²) < 4.78 is 13.1. The Bertz CT molecular complexity index is 706. The summed E-state index contributed by atoms with van der Waals surface area (Å²) in [5, 5.41) is 10.3. The molecule has 116 valence electrons. The molecule has 1 saturated heterocycles. The van der Waals surface area contributed by atoms with Gasteiger partial charge in [0.2, 0.25) is 0 Å². The molecule has 0 spiro atoms. The number of likely N-dealkylation sites (tertiary alicyclic amines) is 1. The van der Waals surface area contributed by atoms with E-state index in [4.69, 9.17) is 11.6 Å². The Kier molecular flexibility index (Phi) is 4.40. The summed E-state index contributed by atoms with van der Waals surface area (Å²) in [7, 11) is 0. The van der Waals surface area contributed by atoms with Crippen LogP contribution in [0.3, 0.4) is 0 Å². The number of carbonyl (C=O) groups excluding carboxylic acids is 1. The molecule has 1 aromatic heterocycles. The summed E-state index contributed by atoms with van der Waals surface area (Å²) >= 11 is 7.57. The van der Waals surface area contributed by atoms with E-state index in [-0.39, 0.29) is 16.8 Å². The lowest BCUT2D eigenvalue weighted by Gasteiger charge is -2.31. The molecular formula is C15H15ClFN3OS. The molecule has 1 aliphatic heterocycles. The molecule has 4 nitrogen and oxygen atoms in total. The molecule has 1 amide bonds. The van der Waals surface area contributed by atoms with Gasteiger partial charge in [-0.25, -0.2) is 4.39 Å². The van der Waals surface area contributed by atoms with Crippen molar-refractivity contribution < 1.29 is 9.18 Å². The number of carbonyl (C=O) groups is 1. The minimum atomic E-state index is -0.442. The number of halogens is 2. The van der Waals surface area contributed by atoms with Crippen LogP contribution in [-0.4, -0.2) is 34.1 Å². The van der Waals surface area contributed by atoms with E-state index >= 15 is 0 Å². The molecule has 1 unspecified atom stereocenters. The highest BCUT2D eigenvalue weighted by atomic mass is 35.5. The van der Waals surface area contributed by atoms with Gasteiger partial charge >= 0.3 is 0 Å². The van der Waals surface area contributed by atoms with E-state index in [1.165, 1.54) is 18.2 Å². The van der Waals surface area contributed by atoms with Crippen LogP contribution >= 0.6 is 22.9 Å². The van der Waals surface area contributed by atoms with Gasteiger partial charge in [-0.3, -0.25) is 4.79 Å². The van der Waals surface area contributed by atoms with Crippen LogP contribution < -0.4 is 0 Å². The highest BCUT2D eigenvalue weighted by molar-refractivity contribution is 7.11. The summed E-state index contributed by atoms with van der Waals surface area (Å²) in [6.07, 6.45) is 1.91. The van der Waals surface area contributed by atoms with Crippen molar-refractivity contribution in [3.8, 4) is 0 Å². The Morgan fingerprint density at radius 3 is 2.95 bits per heavy atom. The summed E-state index contributed by atoms with van der Waals surface area (Å²) in [5.74, 6) is -0.388. The topological polar surface area (TPSA) is 46.1 Å². The summed E-state index contributed by atoms with van der Waals surface area (Å²) in [4.78, 5) is 14.4. The number of benzene rings is 1. The lowest BCUT2D eigenvalue weighted by Crippen LogP contribution is -2.39. The molecule has 3 rings (SSSR count). The third kappa shape index (κ3) is 3.13. The van der Waals surface area contributed by atoms with Crippen LogP contribution in [0.25, 0.3) is 0 Å². The second-order valence-electron chi connectivity index (χ2n) is 5.37. The molecule has 7 heteroatoms. The fraction of sp³-hybridized carbons (Fsp3) is 0.400. The van der Waals surface area contributed by atoms with E-state index < -0.39 is 5.82 Å². The van der Waals surface area contributed by atoms with Crippen molar-refractivity contribution in [2.45, 2.75) is 25.7 Å². The summed E-state index contributed by atoms with van der Waals surface area (Å²) in [5.41, 5.74) is 0.345.